The summed E-state index contributed by atoms with van der Waals surface area (Å²) >= 11 is 0. The van der Waals surface area contributed by atoms with Crippen LogP contribution in [0.15, 0.2) is 0 Å². The van der Waals surface area contributed by atoms with Crippen LogP contribution in [0.3, 0.4) is 0 Å². The van der Waals surface area contributed by atoms with Crippen molar-refractivity contribution in [1.29, 1.82) is 0 Å². The van der Waals surface area contributed by atoms with Crippen molar-refractivity contribution < 1.29 is 9.50 Å². The molecule has 1 rings (SSSR count). The van der Waals surface area contributed by atoms with Crippen LogP contribution in [0.1, 0.15) is 116 Å². The monoisotopic (exact) mass is 328 g/mol. The van der Waals surface area contributed by atoms with Gasteiger partial charge in [0.1, 0.15) is 6.17 Å². The lowest BCUT2D eigenvalue weighted by Gasteiger charge is -2.28. The van der Waals surface area contributed by atoms with Gasteiger partial charge in [-0.15, -0.1) is 0 Å². The molecule has 0 amide bonds. The van der Waals surface area contributed by atoms with E-state index in [2.05, 4.69) is 6.92 Å². The summed E-state index contributed by atoms with van der Waals surface area (Å²) in [5.41, 5.74) is 0. The molecule has 0 saturated heterocycles. The predicted molar refractivity (Wildman–Crippen MR) is 98.6 cm³/mol. The van der Waals surface area contributed by atoms with Gasteiger partial charge in [-0.25, -0.2) is 4.39 Å². The van der Waals surface area contributed by atoms with Crippen molar-refractivity contribution in [2.75, 3.05) is 0 Å². The molecule has 0 bridgehead atoms. The number of halogens is 1. The molecule has 0 radical (unpaired) electrons. The maximum atomic E-state index is 13.4. The van der Waals surface area contributed by atoms with E-state index in [-0.39, 0.29) is 0 Å². The highest BCUT2D eigenvalue weighted by Gasteiger charge is 2.28. The summed E-state index contributed by atoms with van der Waals surface area (Å²) in [7, 11) is 0. The van der Waals surface area contributed by atoms with Gasteiger partial charge in [-0.2, -0.15) is 0 Å². The van der Waals surface area contributed by atoms with E-state index in [0.29, 0.717) is 18.8 Å². The summed E-state index contributed by atoms with van der Waals surface area (Å²) in [5, 5.41) is 9.40. The first kappa shape index (κ1) is 20.9. The minimum absolute atomic E-state index is 0.529. The van der Waals surface area contributed by atoms with E-state index in [0.717, 1.165) is 6.42 Å². The third-order valence-corrected chi connectivity index (χ3v) is 5.56. The number of aliphatic hydroxyl groups is 1. The molecule has 138 valence electrons. The van der Waals surface area contributed by atoms with Crippen LogP contribution in [0, 0.1) is 5.92 Å². The highest BCUT2D eigenvalue weighted by Crippen LogP contribution is 2.30. The van der Waals surface area contributed by atoms with E-state index >= 15 is 0 Å². The van der Waals surface area contributed by atoms with Crippen LogP contribution in [-0.4, -0.2) is 17.4 Å². The Morgan fingerprint density at radius 1 is 0.739 bits per heavy atom. The second kappa shape index (κ2) is 14.3. The summed E-state index contributed by atoms with van der Waals surface area (Å²) in [5.74, 6) is 0.529. The Balaban J connectivity index is 1.76. The largest absolute Gasteiger partial charge is 0.390 e. The first-order chi connectivity index (χ1) is 11.2. The van der Waals surface area contributed by atoms with E-state index in [1.54, 1.807) is 0 Å². The quantitative estimate of drug-likeness (QED) is 0.341. The van der Waals surface area contributed by atoms with Gasteiger partial charge in [-0.3, -0.25) is 0 Å². The molecule has 1 aliphatic rings. The van der Waals surface area contributed by atoms with Crippen molar-refractivity contribution in [1.82, 2.24) is 0 Å². The van der Waals surface area contributed by atoms with E-state index in [1.807, 2.05) is 0 Å². The summed E-state index contributed by atoms with van der Waals surface area (Å²) in [6.45, 7) is 2.28. The molecule has 1 fully saturated rings. The number of hydrogen-bond donors (Lipinski definition) is 1. The molecule has 1 aliphatic carbocycles. The molecule has 0 heterocycles. The third-order valence-electron chi connectivity index (χ3n) is 5.56. The summed E-state index contributed by atoms with van der Waals surface area (Å²) in [6.07, 6.45) is 19.8. The Bertz CT molecular complexity index is 256. The van der Waals surface area contributed by atoms with E-state index in [9.17, 15) is 9.50 Å². The second-order valence-electron chi connectivity index (χ2n) is 7.79. The van der Waals surface area contributed by atoms with Gasteiger partial charge in [0.2, 0.25) is 0 Å². The number of hydrogen-bond acceptors (Lipinski definition) is 1. The van der Waals surface area contributed by atoms with Gasteiger partial charge in [0.25, 0.3) is 0 Å². The topological polar surface area (TPSA) is 20.2 Å². The van der Waals surface area contributed by atoms with Gasteiger partial charge >= 0.3 is 0 Å². The molecule has 1 nitrogen and oxygen atoms in total. The van der Waals surface area contributed by atoms with E-state index < -0.39 is 12.3 Å². The number of rotatable bonds is 14. The van der Waals surface area contributed by atoms with Gasteiger partial charge in [0.05, 0.1) is 6.10 Å². The number of unbranched alkanes of at least 4 members (excludes halogenated alkanes) is 12. The molecule has 0 aromatic carbocycles. The molecule has 1 saturated carbocycles. The van der Waals surface area contributed by atoms with E-state index in [1.165, 1.54) is 89.9 Å². The molecular weight excluding hydrogens is 287 g/mol. The molecule has 3 unspecified atom stereocenters. The smallest absolute Gasteiger partial charge is 0.126 e. The Morgan fingerprint density at radius 3 is 1.70 bits per heavy atom. The summed E-state index contributed by atoms with van der Waals surface area (Å²) < 4.78 is 13.4. The van der Waals surface area contributed by atoms with E-state index in [4.69, 9.17) is 0 Å². The van der Waals surface area contributed by atoms with Crippen LogP contribution in [0.2, 0.25) is 0 Å². The zero-order valence-corrected chi connectivity index (χ0v) is 15.6. The fourth-order valence-electron chi connectivity index (χ4n) is 3.89. The number of aliphatic hydroxyl groups excluding tert-OH is 1. The van der Waals surface area contributed by atoms with Gasteiger partial charge in [0.15, 0.2) is 0 Å². The highest BCUT2D eigenvalue weighted by molar-refractivity contribution is 4.79. The molecule has 0 spiro atoms. The van der Waals surface area contributed by atoms with Crippen molar-refractivity contribution in [2.24, 2.45) is 5.92 Å². The lowest BCUT2D eigenvalue weighted by atomic mass is 9.83. The second-order valence-corrected chi connectivity index (χ2v) is 7.79. The van der Waals surface area contributed by atoms with Crippen molar-refractivity contribution in [3.63, 3.8) is 0 Å². The van der Waals surface area contributed by atoms with Crippen molar-refractivity contribution in [3.8, 4) is 0 Å². The molecule has 0 aromatic heterocycles. The Kier molecular flexibility index (Phi) is 13.0. The summed E-state index contributed by atoms with van der Waals surface area (Å²) in [6, 6.07) is 0. The van der Waals surface area contributed by atoms with Crippen LogP contribution >= 0.6 is 0 Å². The van der Waals surface area contributed by atoms with Gasteiger partial charge < -0.3 is 5.11 Å². The molecule has 0 aliphatic heterocycles. The molecule has 23 heavy (non-hydrogen) atoms. The first-order valence-electron chi connectivity index (χ1n) is 10.6. The Hall–Kier alpha value is -0.110. The SMILES string of the molecule is CCCCCCCCCCCCCCCC1CCC(O)C(F)C1. The maximum absolute atomic E-state index is 13.4. The zero-order chi connectivity index (χ0) is 16.8. The van der Waals surface area contributed by atoms with Crippen molar-refractivity contribution in [2.45, 2.75) is 128 Å². The van der Waals surface area contributed by atoms with Crippen molar-refractivity contribution >= 4 is 0 Å². The van der Waals surface area contributed by atoms with Crippen LogP contribution in [-0.2, 0) is 0 Å². The van der Waals surface area contributed by atoms with Gasteiger partial charge in [-0.1, -0.05) is 96.8 Å². The lowest BCUT2D eigenvalue weighted by Crippen LogP contribution is -2.30. The minimum atomic E-state index is -0.962. The normalized spacial score (nSPS) is 24.9. The van der Waals surface area contributed by atoms with Crippen LogP contribution in [0.25, 0.3) is 0 Å². The molecule has 2 heteroatoms. The predicted octanol–water partition coefficient (Wildman–Crippen LogP) is 6.97. The third kappa shape index (κ3) is 11.1. The van der Waals surface area contributed by atoms with Gasteiger partial charge in [0, 0.05) is 0 Å². The first-order valence-corrected chi connectivity index (χ1v) is 10.6. The molecule has 1 N–H and O–H groups in total. The Labute approximate surface area is 144 Å². The number of alkyl halides is 1. The van der Waals surface area contributed by atoms with Crippen LogP contribution in [0.4, 0.5) is 4.39 Å². The minimum Gasteiger partial charge on any atom is -0.390 e. The van der Waals surface area contributed by atoms with Gasteiger partial charge in [-0.05, 0) is 25.2 Å². The fraction of sp³-hybridized carbons (Fsp3) is 1.00. The maximum Gasteiger partial charge on any atom is 0.126 e. The highest BCUT2D eigenvalue weighted by atomic mass is 19.1. The average molecular weight is 329 g/mol. The zero-order valence-electron chi connectivity index (χ0n) is 15.6. The summed E-state index contributed by atoms with van der Waals surface area (Å²) in [4.78, 5) is 0. The fourth-order valence-corrected chi connectivity index (χ4v) is 3.89. The van der Waals surface area contributed by atoms with Crippen molar-refractivity contribution in [3.05, 3.63) is 0 Å². The Morgan fingerprint density at radius 2 is 1.22 bits per heavy atom. The van der Waals surface area contributed by atoms with Crippen LogP contribution < -0.4 is 0 Å². The average Bonchev–Trinajstić information content (AvgIpc) is 2.55. The molecule has 3 atom stereocenters. The molecule has 0 aromatic rings. The lowest BCUT2D eigenvalue weighted by molar-refractivity contribution is 0.0225. The standard InChI is InChI=1S/C21H41FO/c1-2-3-4-5-6-7-8-9-10-11-12-13-14-15-19-16-17-21(23)20(22)18-19/h19-21,23H,2-18H2,1H3. The molecular formula is C21H41FO. The van der Waals surface area contributed by atoms with Crippen LogP contribution in [0.5, 0.6) is 0 Å².